The van der Waals surface area contributed by atoms with Crippen molar-refractivity contribution < 1.29 is 4.79 Å². The maximum Gasteiger partial charge on any atom is 0.271 e. The summed E-state index contributed by atoms with van der Waals surface area (Å²) in [5, 5.41) is 13.4. The molecular formula is C11H11N3OS2. The first-order valence-corrected chi connectivity index (χ1v) is 6.82. The minimum atomic E-state index is -0.187. The van der Waals surface area contributed by atoms with Crippen molar-refractivity contribution in [3.05, 3.63) is 35.3 Å². The van der Waals surface area contributed by atoms with Crippen LogP contribution in [0.2, 0.25) is 0 Å². The van der Waals surface area contributed by atoms with Gasteiger partial charge in [0.15, 0.2) is 5.69 Å². The molecule has 0 radical (unpaired) electrons. The lowest BCUT2D eigenvalue weighted by Gasteiger charge is -2.01. The Morgan fingerprint density at radius 1 is 1.41 bits per heavy atom. The van der Waals surface area contributed by atoms with Crippen molar-refractivity contribution in [1.82, 2.24) is 15.5 Å². The molecule has 0 aliphatic rings. The number of rotatable bonds is 4. The average Bonchev–Trinajstić information content (AvgIpc) is 2.83. The van der Waals surface area contributed by atoms with Crippen LogP contribution in [0, 0.1) is 0 Å². The largest absolute Gasteiger partial charge is 0.351 e. The van der Waals surface area contributed by atoms with Crippen molar-refractivity contribution in [2.24, 2.45) is 0 Å². The van der Waals surface area contributed by atoms with E-state index in [9.17, 15) is 4.79 Å². The van der Waals surface area contributed by atoms with E-state index in [1.165, 1.54) is 0 Å². The number of carbonyl (C=O) groups is 1. The second kappa shape index (κ2) is 5.79. The van der Waals surface area contributed by atoms with E-state index in [4.69, 9.17) is 0 Å². The molecule has 0 aromatic carbocycles. The first-order valence-electron chi connectivity index (χ1n) is 5.13. The van der Waals surface area contributed by atoms with Crippen molar-refractivity contribution in [2.75, 3.05) is 6.54 Å². The molecule has 6 heteroatoms. The molecule has 2 aromatic heterocycles. The molecule has 0 fully saturated rings. The lowest BCUT2D eigenvalue weighted by atomic mass is 10.4. The van der Waals surface area contributed by atoms with E-state index in [2.05, 4.69) is 15.5 Å². The summed E-state index contributed by atoms with van der Waals surface area (Å²) in [4.78, 5) is 11.5. The summed E-state index contributed by atoms with van der Waals surface area (Å²) in [5.74, 6) is -0.187. The minimum Gasteiger partial charge on any atom is -0.351 e. The molecule has 0 saturated heterocycles. The van der Waals surface area contributed by atoms with Crippen LogP contribution in [0.25, 0.3) is 0 Å². The number of nitrogens with one attached hydrogen (secondary N) is 1. The van der Waals surface area contributed by atoms with Gasteiger partial charge < -0.3 is 5.32 Å². The number of hydrogen-bond donors (Lipinski definition) is 1. The van der Waals surface area contributed by atoms with E-state index in [-0.39, 0.29) is 5.91 Å². The van der Waals surface area contributed by atoms with Gasteiger partial charge in [-0.05, 0) is 30.5 Å². The molecule has 2 rings (SSSR count). The second-order valence-corrected chi connectivity index (χ2v) is 5.42. The molecule has 17 heavy (non-hydrogen) atoms. The Hall–Kier alpha value is -1.40. The van der Waals surface area contributed by atoms with Gasteiger partial charge in [-0.25, -0.2) is 0 Å². The Morgan fingerprint density at radius 2 is 2.29 bits per heavy atom. The Balaban J connectivity index is 2.05. The molecule has 0 saturated carbocycles. The summed E-state index contributed by atoms with van der Waals surface area (Å²) < 4.78 is 1.16. The summed E-state index contributed by atoms with van der Waals surface area (Å²) in [6.45, 7) is 2.46. The summed E-state index contributed by atoms with van der Waals surface area (Å²) in [5.41, 5.74) is 0.349. The SMILES string of the molecule is CCNC(=O)c1ccc(Sc2cccs2)nn1. The van der Waals surface area contributed by atoms with E-state index in [0.29, 0.717) is 12.2 Å². The molecule has 0 aliphatic carbocycles. The van der Waals surface area contributed by atoms with Gasteiger partial charge in [0.05, 0.1) is 4.21 Å². The summed E-state index contributed by atoms with van der Waals surface area (Å²) in [7, 11) is 0. The fourth-order valence-corrected chi connectivity index (χ4v) is 2.81. The van der Waals surface area contributed by atoms with E-state index >= 15 is 0 Å². The van der Waals surface area contributed by atoms with Crippen LogP contribution >= 0.6 is 23.1 Å². The summed E-state index contributed by atoms with van der Waals surface area (Å²) in [6.07, 6.45) is 0. The lowest BCUT2D eigenvalue weighted by molar-refractivity contribution is 0.0949. The van der Waals surface area contributed by atoms with Crippen molar-refractivity contribution in [3.63, 3.8) is 0 Å². The molecule has 2 aromatic rings. The predicted octanol–water partition coefficient (Wildman–Crippen LogP) is 2.44. The van der Waals surface area contributed by atoms with Crippen molar-refractivity contribution in [2.45, 2.75) is 16.2 Å². The van der Waals surface area contributed by atoms with Gasteiger partial charge >= 0.3 is 0 Å². The number of thiophene rings is 1. The highest BCUT2D eigenvalue weighted by molar-refractivity contribution is 8.01. The quantitative estimate of drug-likeness (QED) is 0.922. The number of amides is 1. The van der Waals surface area contributed by atoms with Crippen LogP contribution in [-0.4, -0.2) is 22.6 Å². The maximum absolute atomic E-state index is 11.5. The maximum atomic E-state index is 11.5. The van der Waals surface area contributed by atoms with Gasteiger partial charge in [0.1, 0.15) is 5.03 Å². The molecular weight excluding hydrogens is 254 g/mol. The normalized spacial score (nSPS) is 10.2. The van der Waals surface area contributed by atoms with Gasteiger partial charge in [0.2, 0.25) is 0 Å². The Bertz CT molecular complexity index is 482. The van der Waals surface area contributed by atoms with Crippen LogP contribution in [0.1, 0.15) is 17.4 Å². The number of nitrogens with zero attached hydrogens (tertiary/aromatic N) is 2. The van der Waals surface area contributed by atoms with Crippen LogP contribution in [0.4, 0.5) is 0 Å². The third kappa shape index (κ3) is 3.28. The van der Waals surface area contributed by atoms with Crippen molar-refractivity contribution in [1.29, 1.82) is 0 Å². The van der Waals surface area contributed by atoms with E-state index in [1.807, 2.05) is 30.5 Å². The summed E-state index contributed by atoms with van der Waals surface area (Å²) in [6, 6.07) is 7.51. The number of carbonyl (C=O) groups excluding carboxylic acids is 1. The highest BCUT2D eigenvalue weighted by Crippen LogP contribution is 2.29. The average molecular weight is 265 g/mol. The highest BCUT2D eigenvalue weighted by atomic mass is 32.2. The smallest absolute Gasteiger partial charge is 0.271 e. The fourth-order valence-electron chi connectivity index (χ4n) is 1.17. The zero-order valence-electron chi connectivity index (χ0n) is 9.21. The molecule has 0 bridgehead atoms. The molecule has 88 valence electrons. The molecule has 0 atom stereocenters. The van der Waals surface area contributed by atoms with Crippen molar-refractivity contribution in [3.8, 4) is 0 Å². The molecule has 1 amide bonds. The van der Waals surface area contributed by atoms with Gasteiger partial charge in [-0.15, -0.1) is 21.5 Å². The van der Waals surface area contributed by atoms with Gasteiger partial charge in [0.25, 0.3) is 5.91 Å². The highest BCUT2D eigenvalue weighted by Gasteiger charge is 2.07. The first kappa shape index (κ1) is 12.1. The second-order valence-electron chi connectivity index (χ2n) is 3.15. The standard InChI is InChI=1S/C11H11N3OS2/c1-2-12-11(15)8-5-6-9(14-13-8)17-10-4-3-7-16-10/h3-7H,2H2,1H3,(H,12,15). The van der Waals surface area contributed by atoms with E-state index in [1.54, 1.807) is 29.2 Å². The van der Waals surface area contributed by atoms with Gasteiger partial charge in [-0.2, -0.15) is 0 Å². The van der Waals surface area contributed by atoms with Crippen LogP contribution in [0.15, 0.2) is 38.9 Å². The van der Waals surface area contributed by atoms with Gasteiger partial charge in [-0.1, -0.05) is 17.8 Å². The van der Waals surface area contributed by atoms with Crippen molar-refractivity contribution >= 4 is 29.0 Å². The molecule has 0 unspecified atom stereocenters. The topological polar surface area (TPSA) is 54.9 Å². The van der Waals surface area contributed by atoms with E-state index < -0.39 is 0 Å². The molecule has 0 spiro atoms. The van der Waals surface area contributed by atoms with Crippen LogP contribution in [0.5, 0.6) is 0 Å². The molecule has 0 aliphatic heterocycles. The molecule has 1 N–H and O–H groups in total. The Morgan fingerprint density at radius 3 is 2.88 bits per heavy atom. The number of hydrogen-bond acceptors (Lipinski definition) is 5. The summed E-state index contributed by atoms with van der Waals surface area (Å²) >= 11 is 3.19. The van der Waals surface area contributed by atoms with Gasteiger partial charge in [0, 0.05) is 6.54 Å². The third-order valence-electron chi connectivity index (χ3n) is 1.91. The molecule has 4 nitrogen and oxygen atoms in total. The van der Waals surface area contributed by atoms with Crippen LogP contribution in [-0.2, 0) is 0 Å². The monoisotopic (exact) mass is 265 g/mol. The Labute approximate surface area is 107 Å². The lowest BCUT2D eigenvalue weighted by Crippen LogP contribution is -2.23. The third-order valence-corrected chi connectivity index (χ3v) is 3.87. The van der Waals surface area contributed by atoms with E-state index in [0.717, 1.165) is 9.24 Å². The molecule has 2 heterocycles. The predicted molar refractivity (Wildman–Crippen MR) is 68.5 cm³/mol. The van der Waals surface area contributed by atoms with Crippen LogP contribution in [0.3, 0.4) is 0 Å². The fraction of sp³-hybridized carbons (Fsp3) is 0.182. The Kier molecular flexibility index (Phi) is 4.11. The minimum absolute atomic E-state index is 0.187. The van der Waals surface area contributed by atoms with Crippen LogP contribution < -0.4 is 5.32 Å². The zero-order chi connectivity index (χ0) is 12.1. The number of aromatic nitrogens is 2. The zero-order valence-corrected chi connectivity index (χ0v) is 10.8. The van der Waals surface area contributed by atoms with Gasteiger partial charge in [-0.3, -0.25) is 4.79 Å². The first-order chi connectivity index (χ1) is 8.29.